The van der Waals surface area contributed by atoms with Crippen molar-refractivity contribution in [1.82, 2.24) is 9.38 Å². The molecular formula is C24H18BrN3O2S. The Morgan fingerprint density at radius 1 is 1.10 bits per heavy atom. The minimum absolute atomic E-state index is 0.131. The third-order valence-corrected chi connectivity index (χ3v) is 7.07. The molecule has 1 N–H and O–H groups in total. The molecule has 0 radical (unpaired) electrons. The van der Waals surface area contributed by atoms with E-state index in [0.717, 1.165) is 47.9 Å². The lowest BCUT2D eigenvalue weighted by molar-refractivity contribution is 0.102. The second-order valence-corrected chi connectivity index (χ2v) is 9.07. The molecule has 7 heteroatoms. The van der Waals surface area contributed by atoms with Gasteiger partial charge in [0.05, 0.1) is 23.0 Å². The number of carbonyl (C=O) groups is 1. The summed E-state index contributed by atoms with van der Waals surface area (Å²) in [5, 5.41) is 2.97. The highest BCUT2D eigenvalue weighted by Gasteiger charge is 2.13. The number of thiazole rings is 1. The van der Waals surface area contributed by atoms with Crippen LogP contribution in [0.4, 0.5) is 5.69 Å². The molecule has 1 amide bonds. The zero-order chi connectivity index (χ0) is 21.5. The molecule has 0 saturated carbocycles. The molecule has 0 saturated heterocycles. The van der Waals surface area contributed by atoms with Gasteiger partial charge >= 0.3 is 0 Å². The molecule has 154 valence electrons. The van der Waals surface area contributed by atoms with Gasteiger partial charge in [-0.15, -0.1) is 0 Å². The fourth-order valence-electron chi connectivity index (χ4n) is 3.47. The Labute approximate surface area is 191 Å². The Morgan fingerprint density at radius 3 is 2.65 bits per heavy atom. The predicted octanol–water partition coefficient (Wildman–Crippen LogP) is 6.55. The zero-order valence-electron chi connectivity index (χ0n) is 16.8. The summed E-state index contributed by atoms with van der Waals surface area (Å²) in [5.74, 6) is 0.688. The first-order valence-electron chi connectivity index (χ1n) is 9.65. The topological polar surface area (TPSA) is 55.6 Å². The maximum Gasteiger partial charge on any atom is 0.255 e. The molecule has 5 rings (SSSR count). The van der Waals surface area contributed by atoms with E-state index in [2.05, 4.69) is 25.6 Å². The number of amides is 1. The normalized spacial score (nSPS) is 11.2. The first-order chi connectivity index (χ1) is 15.0. The minimum atomic E-state index is -0.131. The highest BCUT2D eigenvalue weighted by molar-refractivity contribution is 9.10. The Kier molecular flexibility index (Phi) is 5.00. The van der Waals surface area contributed by atoms with Gasteiger partial charge in [-0.2, -0.15) is 0 Å². The van der Waals surface area contributed by atoms with E-state index in [0.29, 0.717) is 5.56 Å². The number of nitrogens with zero attached hydrogens (tertiary/aromatic N) is 2. The third kappa shape index (κ3) is 3.71. The fraction of sp³-hybridized carbons (Fsp3) is 0.0833. The zero-order valence-corrected chi connectivity index (χ0v) is 19.3. The summed E-state index contributed by atoms with van der Waals surface area (Å²) in [5.41, 5.74) is 5.43. The largest absolute Gasteiger partial charge is 0.497 e. The molecule has 0 aliphatic heterocycles. The molecule has 3 aromatic carbocycles. The quantitative estimate of drug-likeness (QED) is 0.310. The number of halogens is 1. The van der Waals surface area contributed by atoms with E-state index in [-0.39, 0.29) is 5.91 Å². The van der Waals surface area contributed by atoms with Gasteiger partial charge in [0.25, 0.3) is 5.91 Å². The molecule has 31 heavy (non-hydrogen) atoms. The SMILES string of the molecule is COc1ccc(-c2cn3c(n2)sc2cc(C(=O)Nc4ccc(Br)c(C)c4)ccc23)cc1. The van der Waals surface area contributed by atoms with Crippen LogP contribution in [-0.4, -0.2) is 22.4 Å². The molecule has 0 spiro atoms. The van der Waals surface area contributed by atoms with Crippen molar-refractivity contribution >= 4 is 54.0 Å². The molecule has 5 aromatic rings. The molecule has 0 aliphatic carbocycles. The van der Waals surface area contributed by atoms with Crippen molar-refractivity contribution in [2.24, 2.45) is 0 Å². The van der Waals surface area contributed by atoms with Gasteiger partial charge in [0, 0.05) is 27.5 Å². The van der Waals surface area contributed by atoms with E-state index in [1.807, 2.05) is 73.8 Å². The van der Waals surface area contributed by atoms with Crippen LogP contribution in [0.1, 0.15) is 15.9 Å². The number of aromatic nitrogens is 2. The van der Waals surface area contributed by atoms with Gasteiger partial charge in [0.2, 0.25) is 0 Å². The lowest BCUT2D eigenvalue weighted by Gasteiger charge is -2.07. The van der Waals surface area contributed by atoms with Gasteiger partial charge in [-0.1, -0.05) is 27.3 Å². The van der Waals surface area contributed by atoms with Gasteiger partial charge < -0.3 is 10.1 Å². The third-order valence-electron chi connectivity index (χ3n) is 5.16. The van der Waals surface area contributed by atoms with Gasteiger partial charge in [-0.05, 0) is 73.2 Å². The van der Waals surface area contributed by atoms with Crippen LogP contribution in [-0.2, 0) is 0 Å². The smallest absolute Gasteiger partial charge is 0.255 e. The Bertz CT molecular complexity index is 1440. The minimum Gasteiger partial charge on any atom is -0.497 e. The number of nitrogens with one attached hydrogen (secondary N) is 1. The molecule has 0 unspecified atom stereocenters. The van der Waals surface area contributed by atoms with Crippen LogP contribution in [0.2, 0.25) is 0 Å². The molecule has 0 bridgehead atoms. The number of aryl methyl sites for hydroxylation is 1. The number of methoxy groups -OCH3 is 1. The van der Waals surface area contributed by atoms with E-state index in [1.54, 1.807) is 18.4 Å². The number of fused-ring (bicyclic) bond motifs is 3. The van der Waals surface area contributed by atoms with E-state index in [9.17, 15) is 4.79 Å². The average molecular weight is 492 g/mol. The molecule has 2 heterocycles. The second kappa shape index (κ2) is 7.83. The van der Waals surface area contributed by atoms with E-state index < -0.39 is 0 Å². The predicted molar refractivity (Wildman–Crippen MR) is 129 cm³/mol. The van der Waals surface area contributed by atoms with Crippen LogP contribution in [0.25, 0.3) is 26.4 Å². The first-order valence-corrected chi connectivity index (χ1v) is 11.3. The van der Waals surface area contributed by atoms with Crippen molar-refractivity contribution in [1.29, 1.82) is 0 Å². The van der Waals surface area contributed by atoms with Gasteiger partial charge in [0.15, 0.2) is 4.96 Å². The summed E-state index contributed by atoms with van der Waals surface area (Å²) in [6.07, 6.45) is 2.03. The Hall–Kier alpha value is -3.16. The summed E-state index contributed by atoms with van der Waals surface area (Å²) < 4.78 is 9.33. The fourth-order valence-corrected chi connectivity index (χ4v) is 4.76. The van der Waals surface area contributed by atoms with Crippen molar-refractivity contribution in [3.8, 4) is 17.0 Å². The second-order valence-electron chi connectivity index (χ2n) is 7.21. The lowest BCUT2D eigenvalue weighted by atomic mass is 10.1. The molecule has 0 aliphatic rings. The lowest BCUT2D eigenvalue weighted by Crippen LogP contribution is -2.11. The number of imidazole rings is 1. The van der Waals surface area contributed by atoms with Crippen molar-refractivity contribution in [3.05, 3.63) is 82.5 Å². The summed E-state index contributed by atoms with van der Waals surface area (Å²) in [6.45, 7) is 1.99. The van der Waals surface area contributed by atoms with Crippen LogP contribution < -0.4 is 10.1 Å². The van der Waals surface area contributed by atoms with Crippen molar-refractivity contribution in [2.75, 3.05) is 12.4 Å². The Balaban J connectivity index is 1.44. The molecule has 5 nitrogen and oxygen atoms in total. The van der Waals surface area contributed by atoms with Crippen LogP contribution in [0.15, 0.2) is 71.3 Å². The van der Waals surface area contributed by atoms with E-state index in [4.69, 9.17) is 9.72 Å². The average Bonchev–Trinajstić information content (AvgIpc) is 3.34. The highest BCUT2D eigenvalue weighted by atomic mass is 79.9. The number of anilines is 1. The number of hydrogen-bond acceptors (Lipinski definition) is 4. The van der Waals surface area contributed by atoms with Gasteiger partial charge in [0.1, 0.15) is 5.75 Å². The van der Waals surface area contributed by atoms with E-state index in [1.165, 1.54) is 0 Å². The highest BCUT2D eigenvalue weighted by Crippen LogP contribution is 2.31. The number of benzene rings is 3. The number of hydrogen-bond donors (Lipinski definition) is 1. The van der Waals surface area contributed by atoms with Crippen molar-refractivity contribution in [3.63, 3.8) is 0 Å². The van der Waals surface area contributed by atoms with Crippen LogP contribution >= 0.6 is 27.3 Å². The Morgan fingerprint density at radius 2 is 1.90 bits per heavy atom. The number of ether oxygens (including phenoxy) is 1. The van der Waals surface area contributed by atoms with Crippen LogP contribution in [0.3, 0.4) is 0 Å². The molecule has 0 atom stereocenters. The van der Waals surface area contributed by atoms with Crippen LogP contribution in [0.5, 0.6) is 5.75 Å². The summed E-state index contributed by atoms with van der Waals surface area (Å²) >= 11 is 5.05. The summed E-state index contributed by atoms with van der Waals surface area (Å²) in [6, 6.07) is 19.4. The van der Waals surface area contributed by atoms with Crippen molar-refractivity contribution in [2.45, 2.75) is 6.92 Å². The van der Waals surface area contributed by atoms with E-state index >= 15 is 0 Å². The molecule has 0 fully saturated rings. The van der Waals surface area contributed by atoms with Gasteiger partial charge in [-0.25, -0.2) is 4.98 Å². The van der Waals surface area contributed by atoms with Crippen LogP contribution in [0, 0.1) is 6.92 Å². The van der Waals surface area contributed by atoms with Gasteiger partial charge in [-0.3, -0.25) is 9.20 Å². The van der Waals surface area contributed by atoms with Crippen molar-refractivity contribution < 1.29 is 9.53 Å². The standard InChI is InChI=1S/C24H18BrN3O2S/c1-14-11-17(6-9-19(14)25)26-23(29)16-5-10-21-22(12-16)31-24-27-20(13-28(21)24)15-3-7-18(30-2)8-4-15/h3-13H,1-2H3,(H,26,29). The maximum absolute atomic E-state index is 12.7. The molecule has 2 aromatic heterocycles. The molecular weight excluding hydrogens is 474 g/mol. The number of carbonyl (C=O) groups excluding carboxylic acids is 1. The number of rotatable bonds is 4. The monoisotopic (exact) mass is 491 g/mol. The first kappa shape index (κ1) is 19.8. The summed E-state index contributed by atoms with van der Waals surface area (Å²) in [7, 11) is 1.65. The summed E-state index contributed by atoms with van der Waals surface area (Å²) in [4.78, 5) is 18.4. The maximum atomic E-state index is 12.7.